The summed E-state index contributed by atoms with van der Waals surface area (Å²) in [7, 11) is 0. The van der Waals surface area contributed by atoms with Crippen molar-refractivity contribution in [3.05, 3.63) is 48.6 Å². The Morgan fingerprint density at radius 3 is 1.08 bits per heavy atom. The van der Waals surface area contributed by atoms with Gasteiger partial charge in [0.15, 0.2) is 0 Å². The number of nitrogens with one attached hydrogen (secondary N) is 1. The van der Waals surface area contributed by atoms with Crippen LogP contribution in [0.2, 0.25) is 0 Å². The maximum Gasteiger partial charge on any atom is 0.220 e. The maximum absolute atomic E-state index is 12.4. The molecule has 0 aliphatic carbocycles. The van der Waals surface area contributed by atoms with Crippen molar-refractivity contribution in [2.24, 2.45) is 0 Å². The van der Waals surface area contributed by atoms with Gasteiger partial charge in [0.1, 0.15) is 0 Å². The molecule has 0 bridgehead atoms. The van der Waals surface area contributed by atoms with Gasteiger partial charge in [-0.25, -0.2) is 0 Å². The summed E-state index contributed by atoms with van der Waals surface area (Å²) in [4.78, 5) is 12.4. The highest BCUT2D eigenvalue weighted by Gasteiger charge is 2.17. The zero-order valence-electron chi connectivity index (χ0n) is 39.8. The van der Waals surface area contributed by atoms with Crippen LogP contribution in [0.3, 0.4) is 0 Å². The number of aliphatic hydroxyl groups excluding tert-OH is 2. The summed E-state index contributed by atoms with van der Waals surface area (Å²) >= 11 is 0. The number of unbranched alkanes of at least 4 members (excludes halogenated alkanes) is 35. The Morgan fingerprint density at radius 2 is 0.712 bits per heavy atom. The van der Waals surface area contributed by atoms with Crippen LogP contribution in [-0.2, 0) is 4.79 Å². The molecule has 4 nitrogen and oxygen atoms in total. The molecule has 0 rings (SSSR count). The van der Waals surface area contributed by atoms with Crippen molar-refractivity contribution in [2.75, 3.05) is 6.61 Å². The first-order chi connectivity index (χ1) is 29.2. The van der Waals surface area contributed by atoms with Gasteiger partial charge in [-0.1, -0.05) is 255 Å². The SMILES string of the molecule is CCCCCCCCCCC/C=C\C/C=C\CCCCCCCCCCCCCC(=O)NC(CO)C(O)/C=C/CC/C=C/CCCCCCCCCCCCCCCC. The van der Waals surface area contributed by atoms with Crippen molar-refractivity contribution in [2.45, 2.75) is 289 Å². The van der Waals surface area contributed by atoms with Gasteiger partial charge in [0, 0.05) is 6.42 Å². The van der Waals surface area contributed by atoms with Gasteiger partial charge >= 0.3 is 0 Å². The summed E-state index contributed by atoms with van der Waals surface area (Å²) in [6.45, 7) is 4.32. The number of rotatable bonds is 48. The van der Waals surface area contributed by atoms with E-state index in [0.717, 1.165) is 38.5 Å². The van der Waals surface area contributed by atoms with Gasteiger partial charge in [0.05, 0.1) is 18.8 Å². The van der Waals surface area contributed by atoms with Gasteiger partial charge < -0.3 is 15.5 Å². The van der Waals surface area contributed by atoms with Crippen LogP contribution in [0.5, 0.6) is 0 Å². The van der Waals surface area contributed by atoms with Crippen molar-refractivity contribution in [1.82, 2.24) is 5.32 Å². The Kier molecular flexibility index (Phi) is 49.3. The molecule has 0 aliphatic heterocycles. The van der Waals surface area contributed by atoms with Crippen molar-refractivity contribution < 1.29 is 15.0 Å². The third-order valence-electron chi connectivity index (χ3n) is 12.0. The highest BCUT2D eigenvalue weighted by Crippen LogP contribution is 2.16. The number of carbonyl (C=O) groups is 1. The van der Waals surface area contributed by atoms with Crippen LogP contribution in [0.4, 0.5) is 0 Å². The first-order valence-electron chi connectivity index (χ1n) is 26.4. The normalized spacial score (nSPS) is 13.2. The van der Waals surface area contributed by atoms with E-state index in [1.54, 1.807) is 6.08 Å². The lowest BCUT2D eigenvalue weighted by Gasteiger charge is -2.19. The fraction of sp³-hybridized carbons (Fsp3) is 0.836. The lowest BCUT2D eigenvalue weighted by atomic mass is 10.0. The molecule has 2 unspecified atom stereocenters. The van der Waals surface area contributed by atoms with Gasteiger partial charge in [-0.3, -0.25) is 4.79 Å². The summed E-state index contributed by atoms with van der Waals surface area (Å²) < 4.78 is 0. The molecule has 346 valence electrons. The molecule has 3 N–H and O–H groups in total. The van der Waals surface area contributed by atoms with Crippen LogP contribution in [0.1, 0.15) is 277 Å². The number of allylic oxidation sites excluding steroid dienone is 7. The average molecular weight is 826 g/mol. The highest BCUT2D eigenvalue weighted by molar-refractivity contribution is 5.76. The van der Waals surface area contributed by atoms with Crippen LogP contribution in [0.15, 0.2) is 48.6 Å². The van der Waals surface area contributed by atoms with E-state index in [1.807, 2.05) is 6.08 Å². The smallest absolute Gasteiger partial charge is 0.220 e. The quantitative estimate of drug-likeness (QED) is 0.0423. The molecule has 4 heteroatoms. The Hall–Kier alpha value is -1.65. The van der Waals surface area contributed by atoms with Crippen LogP contribution in [-0.4, -0.2) is 34.9 Å². The zero-order chi connectivity index (χ0) is 42.8. The predicted molar refractivity (Wildman–Crippen MR) is 262 cm³/mol. The third kappa shape index (κ3) is 47.3. The molecule has 0 heterocycles. The summed E-state index contributed by atoms with van der Waals surface area (Å²) in [6, 6.07) is -0.641. The Bertz CT molecular complexity index is 939. The summed E-state index contributed by atoms with van der Waals surface area (Å²) in [6.07, 6.45) is 69.7. The monoisotopic (exact) mass is 826 g/mol. The van der Waals surface area contributed by atoms with Gasteiger partial charge in [-0.2, -0.15) is 0 Å². The molecule has 0 spiro atoms. The van der Waals surface area contributed by atoms with E-state index in [9.17, 15) is 15.0 Å². The first-order valence-corrected chi connectivity index (χ1v) is 26.4. The summed E-state index contributed by atoms with van der Waals surface area (Å²) in [5, 5.41) is 23.1. The van der Waals surface area contributed by atoms with Crippen LogP contribution >= 0.6 is 0 Å². The third-order valence-corrected chi connectivity index (χ3v) is 12.0. The van der Waals surface area contributed by atoms with Crippen molar-refractivity contribution in [1.29, 1.82) is 0 Å². The largest absolute Gasteiger partial charge is 0.394 e. The van der Waals surface area contributed by atoms with E-state index in [1.165, 1.54) is 218 Å². The van der Waals surface area contributed by atoms with Gasteiger partial charge in [-0.15, -0.1) is 0 Å². The summed E-state index contributed by atoms with van der Waals surface area (Å²) in [5.74, 6) is -0.0742. The van der Waals surface area contributed by atoms with Crippen molar-refractivity contribution >= 4 is 5.91 Å². The molecule has 0 aromatic carbocycles. The fourth-order valence-corrected chi connectivity index (χ4v) is 7.99. The maximum atomic E-state index is 12.4. The summed E-state index contributed by atoms with van der Waals surface area (Å²) in [5.41, 5.74) is 0. The van der Waals surface area contributed by atoms with Crippen molar-refractivity contribution in [3.63, 3.8) is 0 Å². The van der Waals surface area contributed by atoms with E-state index in [4.69, 9.17) is 0 Å². The van der Waals surface area contributed by atoms with E-state index in [2.05, 4.69) is 55.6 Å². The minimum atomic E-state index is -0.864. The van der Waals surface area contributed by atoms with Crippen LogP contribution in [0.25, 0.3) is 0 Å². The molecular formula is C55H103NO3. The Labute approximate surface area is 369 Å². The number of carbonyl (C=O) groups excluding carboxylic acids is 1. The van der Waals surface area contributed by atoms with Gasteiger partial charge in [0.2, 0.25) is 5.91 Å². The highest BCUT2D eigenvalue weighted by atomic mass is 16.3. The van der Waals surface area contributed by atoms with Gasteiger partial charge in [-0.05, 0) is 64.2 Å². The van der Waals surface area contributed by atoms with Crippen molar-refractivity contribution in [3.8, 4) is 0 Å². The average Bonchev–Trinajstić information content (AvgIpc) is 3.24. The topological polar surface area (TPSA) is 69.6 Å². The predicted octanol–water partition coefficient (Wildman–Crippen LogP) is 17.1. The lowest BCUT2D eigenvalue weighted by Crippen LogP contribution is -2.45. The minimum absolute atomic E-state index is 0.0742. The molecule has 2 atom stereocenters. The molecule has 0 aromatic rings. The second kappa shape index (κ2) is 50.7. The molecular weight excluding hydrogens is 723 g/mol. The standard InChI is InChI=1S/C55H103NO3/c1-3-5-7-9-11-13-15-17-19-21-23-25-26-27-28-29-30-31-33-35-37-39-41-43-45-47-49-51-55(59)56-53(52-57)54(58)50-48-46-44-42-40-38-36-34-32-24-22-20-18-16-14-12-10-8-6-4-2/h23,25,27-28,40,42,48,50,53-54,57-58H,3-22,24,26,29-39,41,43-47,49,51-52H2,1-2H3,(H,56,59)/b25-23-,28-27-,42-40+,50-48+. The number of hydrogen-bond donors (Lipinski definition) is 3. The van der Waals surface area contributed by atoms with Crippen LogP contribution < -0.4 is 5.32 Å². The van der Waals surface area contributed by atoms with E-state index >= 15 is 0 Å². The molecule has 0 aliphatic rings. The van der Waals surface area contributed by atoms with Crippen LogP contribution in [0, 0.1) is 0 Å². The molecule has 0 fully saturated rings. The molecule has 0 aromatic heterocycles. The molecule has 0 saturated heterocycles. The second-order valence-corrected chi connectivity index (χ2v) is 17.9. The van der Waals surface area contributed by atoms with E-state index in [-0.39, 0.29) is 12.5 Å². The zero-order valence-corrected chi connectivity index (χ0v) is 39.8. The number of hydrogen-bond acceptors (Lipinski definition) is 3. The molecule has 0 radical (unpaired) electrons. The van der Waals surface area contributed by atoms with E-state index < -0.39 is 12.1 Å². The molecule has 59 heavy (non-hydrogen) atoms. The first kappa shape index (κ1) is 57.3. The number of aliphatic hydroxyl groups is 2. The number of amides is 1. The second-order valence-electron chi connectivity index (χ2n) is 17.9. The van der Waals surface area contributed by atoms with E-state index in [0.29, 0.717) is 6.42 Å². The lowest BCUT2D eigenvalue weighted by molar-refractivity contribution is -0.123. The Morgan fingerprint density at radius 1 is 0.407 bits per heavy atom. The van der Waals surface area contributed by atoms with Gasteiger partial charge in [0.25, 0.3) is 0 Å². The fourth-order valence-electron chi connectivity index (χ4n) is 7.99. The Balaban J connectivity index is 3.55. The minimum Gasteiger partial charge on any atom is -0.394 e. The molecule has 0 saturated carbocycles. The molecule has 1 amide bonds.